The summed E-state index contributed by atoms with van der Waals surface area (Å²) in [6.07, 6.45) is 1.47. The summed E-state index contributed by atoms with van der Waals surface area (Å²) < 4.78 is 24.1. The van der Waals surface area contributed by atoms with Crippen LogP contribution in [-0.2, 0) is 14.8 Å². The van der Waals surface area contributed by atoms with Crippen molar-refractivity contribution in [3.63, 3.8) is 0 Å². The number of hydrogen-bond acceptors (Lipinski definition) is 4. The first kappa shape index (κ1) is 14.2. The van der Waals surface area contributed by atoms with Crippen molar-refractivity contribution >= 4 is 60.3 Å². The Hall–Kier alpha value is -0.260. The van der Waals surface area contributed by atoms with Gasteiger partial charge in [-0.15, -0.1) is 0 Å². The van der Waals surface area contributed by atoms with Crippen LogP contribution < -0.4 is 10.0 Å². The van der Waals surface area contributed by atoms with E-state index in [1.807, 2.05) is 22.6 Å². The number of carbonyl (C=O) groups excluding carboxylic acids is 1. The number of anilines is 1. The maximum atomic E-state index is 11.8. The van der Waals surface area contributed by atoms with Crippen LogP contribution in [-0.4, -0.2) is 31.1 Å². The maximum absolute atomic E-state index is 11.8. The summed E-state index contributed by atoms with van der Waals surface area (Å²) in [4.78, 5) is 17.3. The molecule has 2 rings (SSSR count). The Morgan fingerprint density at radius 3 is 2.72 bits per heavy atom. The number of rotatable bonds is 2. The molecular formula is C9H9BrIN3O3S. The molecule has 0 aliphatic carbocycles. The largest absolute Gasteiger partial charge is 0.295 e. The van der Waals surface area contributed by atoms with Gasteiger partial charge >= 0.3 is 0 Å². The Balaban J connectivity index is 2.33. The average molecular weight is 446 g/mol. The predicted molar refractivity (Wildman–Crippen MR) is 78.5 cm³/mol. The van der Waals surface area contributed by atoms with Crippen LogP contribution in [0.15, 0.2) is 16.7 Å². The number of halogens is 2. The first-order valence-electron chi connectivity index (χ1n) is 4.92. The Bertz CT molecular complexity index is 607. The Kier molecular flexibility index (Phi) is 3.95. The number of nitrogens with zero attached hydrogens (tertiary/aromatic N) is 2. The van der Waals surface area contributed by atoms with Gasteiger partial charge in [0.2, 0.25) is 15.9 Å². The quantitative estimate of drug-likeness (QED) is 0.682. The minimum absolute atomic E-state index is 0.0578. The smallest absolute Gasteiger partial charge is 0.229 e. The molecule has 0 spiro atoms. The van der Waals surface area contributed by atoms with E-state index in [-0.39, 0.29) is 18.9 Å². The number of hydrogen-bond donors (Lipinski definition) is 1. The molecule has 1 aromatic rings. The van der Waals surface area contributed by atoms with E-state index in [0.29, 0.717) is 5.82 Å². The van der Waals surface area contributed by atoms with Crippen molar-refractivity contribution in [2.75, 3.05) is 11.4 Å². The number of carbonyl (C=O) groups is 1. The molecular weight excluding hydrogens is 437 g/mol. The van der Waals surface area contributed by atoms with Gasteiger partial charge in [-0.05, 0) is 44.6 Å². The molecule has 2 heterocycles. The number of pyridine rings is 1. The number of amides is 1. The van der Waals surface area contributed by atoms with Crippen LogP contribution >= 0.6 is 38.5 Å². The highest BCUT2D eigenvalue weighted by molar-refractivity contribution is 14.1. The van der Waals surface area contributed by atoms with E-state index in [4.69, 9.17) is 5.14 Å². The second-order valence-electron chi connectivity index (χ2n) is 3.88. The van der Waals surface area contributed by atoms with E-state index in [9.17, 15) is 13.2 Å². The minimum atomic E-state index is -3.70. The second-order valence-corrected chi connectivity index (χ2v) is 7.80. The number of aromatic nitrogens is 1. The molecule has 1 aliphatic rings. The standard InChI is InChI=1S/C9H9BrIN3O3S/c10-5-1-7(11)9(13-3-5)14-4-6(2-8(14)15)18(12,16)17/h1,3,6H,2,4H2,(H2,12,16,17). The highest BCUT2D eigenvalue weighted by Crippen LogP contribution is 2.28. The second kappa shape index (κ2) is 5.02. The molecule has 0 aromatic carbocycles. The third-order valence-corrected chi connectivity index (χ3v) is 5.07. The van der Waals surface area contributed by atoms with E-state index in [1.165, 1.54) is 4.90 Å². The van der Waals surface area contributed by atoms with Crippen LogP contribution in [0.4, 0.5) is 5.82 Å². The van der Waals surface area contributed by atoms with Crippen LogP contribution in [0.5, 0.6) is 0 Å². The summed E-state index contributed by atoms with van der Waals surface area (Å²) in [6, 6.07) is 1.81. The van der Waals surface area contributed by atoms with E-state index >= 15 is 0 Å². The minimum Gasteiger partial charge on any atom is -0.295 e. The lowest BCUT2D eigenvalue weighted by atomic mass is 10.4. The van der Waals surface area contributed by atoms with Crippen LogP contribution in [0.25, 0.3) is 0 Å². The number of nitrogens with two attached hydrogens (primary N) is 1. The molecule has 6 nitrogen and oxygen atoms in total. The van der Waals surface area contributed by atoms with Crippen LogP contribution in [0.2, 0.25) is 0 Å². The summed E-state index contributed by atoms with van der Waals surface area (Å²) in [5, 5.41) is 4.21. The molecule has 0 radical (unpaired) electrons. The molecule has 1 aromatic heterocycles. The Morgan fingerprint density at radius 2 is 2.22 bits per heavy atom. The lowest BCUT2D eigenvalue weighted by molar-refractivity contribution is -0.117. The SMILES string of the molecule is NS(=O)(=O)C1CC(=O)N(c2ncc(Br)cc2I)C1. The molecule has 0 saturated carbocycles. The summed E-state index contributed by atoms with van der Waals surface area (Å²) >= 11 is 5.32. The van der Waals surface area contributed by atoms with Gasteiger partial charge < -0.3 is 0 Å². The fourth-order valence-electron chi connectivity index (χ4n) is 1.71. The van der Waals surface area contributed by atoms with Crippen molar-refractivity contribution in [2.24, 2.45) is 5.14 Å². The summed E-state index contributed by atoms with van der Waals surface area (Å²) in [7, 11) is -3.70. The molecule has 2 N–H and O–H groups in total. The molecule has 1 aliphatic heterocycles. The van der Waals surface area contributed by atoms with E-state index in [1.54, 1.807) is 12.3 Å². The van der Waals surface area contributed by atoms with Gasteiger partial charge in [0.25, 0.3) is 0 Å². The van der Waals surface area contributed by atoms with Gasteiger partial charge in [0.15, 0.2) is 0 Å². The lowest BCUT2D eigenvalue weighted by Gasteiger charge is -2.16. The van der Waals surface area contributed by atoms with Crippen molar-refractivity contribution in [1.29, 1.82) is 0 Å². The van der Waals surface area contributed by atoms with Crippen molar-refractivity contribution < 1.29 is 13.2 Å². The first-order valence-corrected chi connectivity index (χ1v) is 8.40. The Morgan fingerprint density at radius 1 is 1.56 bits per heavy atom. The highest BCUT2D eigenvalue weighted by Gasteiger charge is 2.38. The van der Waals surface area contributed by atoms with Gasteiger partial charge in [-0.3, -0.25) is 9.69 Å². The van der Waals surface area contributed by atoms with E-state index < -0.39 is 15.3 Å². The molecule has 1 amide bonds. The normalized spacial score (nSPS) is 20.5. The topological polar surface area (TPSA) is 93.4 Å². The first-order chi connectivity index (χ1) is 8.29. The summed E-state index contributed by atoms with van der Waals surface area (Å²) in [6.45, 7) is 0.0578. The molecule has 18 heavy (non-hydrogen) atoms. The van der Waals surface area contributed by atoms with Crippen LogP contribution in [0.3, 0.4) is 0 Å². The van der Waals surface area contributed by atoms with E-state index in [0.717, 1.165) is 8.04 Å². The zero-order valence-electron chi connectivity index (χ0n) is 9.01. The summed E-state index contributed by atoms with van der Waals surface area (Å²) in [5.74, 6) is 0.191. The molecule has 98 valence electrons. The van der Waals surface area contributed by atoms with Crippen molar-refractivity contribution in [3.05, 3.63) is 20.3 Å². The average Bonchev–Trinajstić information content (AvgIpc) is 2.60. The lowest BCUT2D eigenvalue weighted by Crippen LogP contribution is -2.32. The van der Waals surface area contributed by atoms with Crippen molar-refractivity contribution in [2.45, 2.75) is 11.7 Å². The third-order valence-electron chi connectivity index (χ3n) is 2.60. The summed E-state index contributed by atoms with van der Waals surface area (Å²) in [5.41, 5.74) is 0. The van der Waals surface area contributed by atoms with Gasteiger partial charge in [0, 0.05) is 23.6 Å². The monoisotopic (exact) mass is 445 g/mol. The molecule has 0 bridgehead atoms. The molecule has 9 heteroatoms. The van der Waals surface area contributed by atoms with Gasteiger partial charge in [-0.25, -0.2) is 18.5 Å². The fraction of sp³-hybridized carbons (Fsp3) is 0.333. The number of primary sulfonamides is 1. The van der Waals surface area contributed by atoms with E-state index in [2.05, 4.69) is 20.9 Å². The van der Waals surface area contributed by atoms with Gasteiger partial charge in [0.05, 0.1) is 3.57 Å². The zero-order chi connectivity index (χ0) is 13.5. The van der Waals surface area contributed by atoms with Gasteiger partial charge in [-0.1, -0.05) is 0 Å². The molecule has 1 atom stereocenters. The van der Waals surface area contributed by atoms with Crippen LogP contribution in [0.1, 0.15) is 6.42 Å². The highest BCUT2D eigenvalue weighted by atomic mass is 127. The molecule has 1 unspecified atom stereocenters. The Labute approximate surface area is 126 Å². The van der Waals surface area contributed by atoms with Crippen molar-refractivity contribution in [1.82, 2.24) is 4.98 Å². The third kappa shape index (κ3) is 2.83. The van der Waals surface area contributed by atoms with Gasteiger partial charge in [-0.2, -0.15) is 0 Å². The molecule has 1 fully saturated rings. The number of sulfonamides is 1. The maximum Gasteiger partial charge on any atom is 0.229 e. The predicted octanol–water partition coefficient (Wildman–Crippen LogP) is 0.843. The fourth-order valence-corrected chi connectivity index (χ4v) is 3.96. The zero-order valence-corrected chi connectivity index (χ0v) is 13.6. The van der Waals surface area contributed by atoms with Crippen molar-refractivity contribution in [3.8, 4) is 0 Å². The van der Waals surface area contributed by atoms with Crippen LogP contribution in [0, 0.1) is 3.57 Å². The van der Waals surface area contributed by atoms with Gasteiger partial charge in [0.1, 0.15) is 11.1 Å². The molecule has 1 saturated heterocycles.